The van der Waals surface area contributed by atoms with E-state index >= 15 is 0 Å². The van der Waals surface area contributed by atoms with Crippen molar-refractivity contribution >= 4 is 64.3 Å². The van der Waals surface area contributed by atoms with E-state index in [0.29, 0.717) is 11.6 Å². The Kier molecular flexibility index (Phi) is 25.8. The number of nitrogens with one attached hydrogen (secondary N) is 2. The van der Waals surface area contributed by atoms with Crippen molar-refractivity contribution in [3.05, 3.63) is 154 Å². The van der Waals surface area contributed by atoms with Gasteiger partial charge in [0.2, 0.25) is 0 Å². The number of allylic oxidation sites excluding steroid dienone is 4. The van der Waals surface area contributed by atoms with Crippen LogP contribution in [-0.4, -0.2) is 38.0 Å². The maximum absolute atomic E-state index is 13.1. The highest BCUT2D eigenvalue weighted by Crippen LogP contribution is 2.37. The van der Waals surface area contributed by atoms with Gasteiger partial charge in [-0.15, -0.1) is 12.6 Å². The molecule has 2 N–H and O–H groups in total. The maximum atomic E-state index is 13.1. The summed E-state index contributed by atoms with van der Waals surface area (Å²) < 4.78 is 3.51. The lowest BCUT2D eigenvalue weighted by Crippen LogP contribution is -2.46. The number of carbonyl (C=O) groups is 1. The number of hydrogen-bond donors (Lipinski definition) is 3. The van der Waals surface area contributed by atoms with Crippen LogP contribution in [0.1, 0.15) is 117 Å². The Hall–Kier alpha value is -5.36. The van der Waals surface area contributed by atoms with E-state index < -0.39 is 5.78 Å². The number of piperazine rings is 1. The van der Waals surface area contributed by atoms with Crippen LogP contribution in [0.25, 0.3) is 11.1 Å². The molecule has 0 bridgehead atoms. The smallest absolute Gasteiger partial charge is 0.262 e. The van der Waals surface area contributed by atoms with Crippen LogP contribution in [0.2, 0.25) is 0 Å². The number of rotatable bonds is 12. The number of Topliss-reactive ketones (excluding diaryl/α,β-unsaturated/α-hetero) is 1. The van der Waals surface area contributed by atoms with E-state index in [2.05, 4.69) is 180 Å². The van der Waals surface area contributed by atoms with Crippen molar-refractivity contribution in [1.29, 1.82) is 5.26 Å². The van der Waals surface area contributed by atoms with Gasteiger partial charge in [0.05, 0.1) is 0 Å². The molecule has 0 aliphatic carbocycles. The van der Waals surface area contributed by atoms with Crippen molar-refractivity contribution in [2.75, 3.05) is 46.0 Å². The van der Waals surface area contributed by atoms with Crippen molar-refractivity contribution in [3.63, 3.8) is 0 Å². The molecule has 1 aliphatic rings. The van der Waals surface area contributed by atoms with Gasteiger partial charge >= 0.3 is 0 Å². The van der Waals surface area contributed by atoms with Gasteiger partial charge in [0.15, 0.2) is 0 Å². The minimum Gasteiger partial charge on any atom is -0.382 e. The average molecular weight is 926 g/mol. The van der Waals surface area contributed by atoms with Gasteiger partial charge in [0.25, 0.3) is 5.78 Å². The van der Waals surface area contributed by atoms with Crippen LogP contribution >= 0.6 is 24.6 Å². The maximum Gasteiger partial charge on any atom is 0.262 e. The first kappa shape index (κ1) is 56.8. The number of hydrogen-bond acceptors (Lipinski definition) is 8. The first-order valence-electron chi connectivity index (χ1n) is 23.8. The highest BCUT2D eigenvalue weighted by atomic mass is 32.2. The lowest BCUT2D eigenvalue weighted by Gasteiger charge is -2.38. The Morgan fingerprint density at radius 2 is 1.27 bits per heavy atom. The molecule has 66 heavy (non-hydrogen) atoms. The number of nitrogens with zero attached hydrogens (tertiary/aromatic N) is 3. The first-order valence-corrected chi connectivity index (χ1v) is 25.0. The molecular weight excluding hydrogens is 847 g/mol. The molecule has 5 aromatic rings. The molecule has 354 valence electrons. The molecule has 0 aromatic heterocycles. The van der Waals surface area contributed by atoms with Gasteiger partial charge in [0.1, 0.15) is 6.07 Å². The Balaban J connectivity index is 0.000000863. The van der Waals surface area contributed by atoms with Gasteiger partial charge in [-0.2, -0.15) is 5.26 Å². The summed E-state index contributed by atoms with van der Waals surface area (Å²) in [6, 6.07) is 42.3. The van der Waals surface area contributed by atoms with Crippen LogP contribution in [0.15, 0.2) is 136 Å². The monoisotopic (exact) mass is 926 g/mol. The molecule has 0 amide bonds. The Bertz CT molecular complexity index is 2310. The minimum atomic E-state index is -0.508. The summed E-state index contributed by atoms with van der Waals surface area (Å²) in [5.74, 6) is 0.326. The molecule has 1 aliphatic heterocycles. The van der Waals surface area contributed by atoms with Crippen LogP contribution in [0, 0.1) is 38.0 Å². The summed E-state index contributed by atoms with van der Waals surface area (Å²) in [5, 5.41) is 13.3. The summed E-state index contributed by atoms with van der Waals surface area (Å²) in [6.45, 7) is 34.7. The fourth-order valence-corrected chi connectivity index (χ4v) is 7.89. The number of benzene rings is 5. The molecule has 0 saturated carbocycles. The van der Waals surface area contributed by atoms with E-state index in [4.69, 9.17) is 0 Å². The van der Waals surface area contributed by atoms with Gasteiger partial charge in [-0.1, -0.05) is 115 Å². The Labute approximate surface area is 410 Å². The third kappa shape index (κ3) is 18.5. The number of thiol groups is 1. The molecule has 1 fully saturated rings. The van der Waals surface area contributed by atoms with Crippen LogP contribution in [0.4, 0.5) is 22.7 Å². The molecule has 1 atom stereocenters. The predicted molar refractivity (Wildman–Crippen MR) is 296 cm³/mol. The van der Waals surface area contributed by atoms with Gasteiger partial charge < -0.3 is 19.8 Å². The van der Waals surface area contributed by atoms with E-state index in [1.165, 1.54) is 27.4 Å². The predicted octanol–water partition coefficient (Wildman–Crippen LogP) is 16.3. The summed E-state index contributed by atoms with van der Waals surface area (Å²) in [5.41, 5.74) is 13.3. The largest absolute Gasteiger partial charge is 0.382 e. The topological polar surface area (TPSA) is 71.4 Å². The number of carbonyl (C=O) groups excluding carboxylic acids is 1. The number of ketones is 1. The minimum absolute atomic E-state index is 0.455. The van der Waals surface area contributed by atoms with Crippen LogP contribution in [0.3, 0.4) is 0 Å². The zero-order chi connectivity index (χ0) is 49.3. The van der Waals surface area contributed by atoms with Crippen molar-refractivity contribution in [2.24, 2.45) is 5.92 Å². The molecular formula is C58H79N5OS2. The molecule has 6 nitrogen and oxygen atoms in total. The summed E-state index contributed by atoms with van der Waals surface area (Å²) in [4.78, 5) is 20.2. The van der Waals surface area contributed by atoms with E-state index in [1.54, 1.807) is 11.9 Å². The molecule has 0 spiro atoms. The Morgan fingerprint density at radius 3 is 1.76 bits per heavy atom. The second kappa shape index (κ2) is 30.0. The van der Waals surface area contributed by atoms with Crippen LogP contribution in [0.5, 0.6) is 0 Å². The van der Waals surface area contributed by atoms with Gasteiger partial charge in [-0.05, 0) is 173 Å². The highest BCUT2D eigenvalue weighted by molar-refractivity contribution is 8.00. The number of aryl methyl sites for hydroxylation is 3. The second-order valence-corrected chi connectivity index (χ2v) is 18.4. The van der Waals surface area contributed by atoms with Crippen LogP contribution in [-0.2, 0) is 4.79 Å². The van der Waals surface area contributed by atoms with E-state index in [0.717, 1.165) is 88.2 Å². The van der Waals surface area contributed by atoms with E-state index in [-0.39, 0.29) is 0 Å². The molecule has 5 aromatic carbocycles. The van der Waals surface area contributed by atoms with Crippen molar-refractivity contribution < 1.29 is 4.79 Å². The van der Waals surface area contributed by atoms with Crippen molar-refractivity contribution in [3.8, 4) is 6.07 Å². The highest BCUT2D eigenvalue weighted by Gasteiger charge is 2.24. The SMILES string of the molecule is CC.CC.CC(C)C.CC[C@H](C)Nc1ccc(SNc2ccc(N3CCN(c4cc(C)cc(/C(C(C(=O)C#N)=C(C)C)=C(/C)c5ccc(C)cc5)c4)CC3)cc2)cc1C.Sc1ccccc1. The zero-order valence-electron chi connectivity index (χ0n) is 42.8. The summed E-state index contributed by atoms with van der Waals surface area (Å²) >= 11 is 5.72. The zero-order valence-corrected chi connectivity index (χ0v) is 44.5. The molecule has 0 unspecified atom stereocenters. The standard InChI is InChI=1S/C44H51N5OS.C6H6S.C4H10.2C2H6/c1-9-33(7)46-41-19-18-40(26-32(41)6)51-47-37-14-16-38(17-15-37)48-20-22-49(23-21-48)39-25-31(5)24-36(27-39)44(43(29(2)3)42(50)28-45)34(8)35-12-10-30(4)11-13-35;7-6-4-2-1-3-5-6;1-4(2)3;2*1-2/h10-19,24-27,33,46-47H,9,20-23H2,1-8H3;1-5,7H;4H,1-3H3;2*1-2H3/b44-34+;;;;/t33-;;;;/m0..../s1. The fourth-order valence-electron chi connectivity index (χ4n) is 6.97. The molecule has 0 radical (unpaired) electrons. The van der Waals surface area contributed by atoms with E-state index in [1.807, 2.05) is 77.9 Å². The third-order valence-corrected chi connectivity index (χ3v) is 11.5. The Morgan fingerprint density at radius 1 is 0.712 bits per heavy atom. The van der Waals surface area contributed by atoms with E-state index in [9.17, 15) is 10.1 Å². The summed E-state index contributed by atoms with van der Waals surface area (Å²) in [6.07, 6.45) is 1.09. The first-order chi connectivity index (χ1) is 31.6. The summed E-state index contributed by atoms with van der Waals surface area (Å²) in [7, 11) is 0. The van der Waals surface area contributed by atoms with Gasteiger partial charge in [-0.3, -0.25) is 4.79 Å². The van der Waals surface area contributed by atoms with Gasteiger partial charge in [-0.25, -0.2) is 0 Å². The lowest BCUT2D eigenvalue weighted by molar-refractivity contribution is -0.110. The van der Waals surface area contributed by atoms with Crippen LogP contribution < -0.4 is 19.8 Å². The third-order valence-electron chi connectivity index (χ3n) is 10.4. The lowest BCUT2D eigenvalue weighted by atomic mass is 9.85. The molecule has 8 heteroatoms. The number of nitriles is 1. The van der Waals surface area contributed by atoms with Crippen molar-refractivity contribution in [1.82, 2.24) is 0 Å². The average Bonchev–Trinajstić information content (AvgIpc) is 3.32. The van der Waals surface area contributed by atoms with Gasteiger partial charge in [0, 0.05) is 70.3 Å². The fraction of sp³-hybridized carbons (Fsp3) is 0.379. The van der Waals surface area contributed by atoms with Crippen molar-refractivity contribution in [2.45, 2.75) is 126 Å². The normalized spacial score (nSPS) is 12.4. The molecule has 1 saturated heterocycles. The molecule has 6 rings (SSSR count). The quantitative estimate of drug-likeness (QED) is 0.0287. The number of anilines is 4. The molecule has 1 heterocycles. The second-order valence-electron chi connectivity index (χ2n) is 17.0.